The van der Waals surface area contributed by atoms with E-state index in [9.17, 15) is 4.79 Å². The van der Waals surface area contributed by atoms with Crippen LogP contribution in [0.25, 0.3) is 16.9 Å². The van der Waals surface area contributed by atoms with Gasteiger partial charge >= 0.3 is 0 Å². The first-order valence-corrected chi connectivity index (χ1v) is 9.74. The van der Waals surface area contributed by atoms with E-state index in [1.54, 1.807) is 4.52 Å². The maximum absolute atomic E-state index is 12.0. The standard InChI is InChI=1S/C20H23N7O/c1-25-9-11-26(12-10-25)17-8-7-15(13-21-17)16-3-2-4-18-22-20(24-27(16)18)23-19(28)14-5-6-14/h2-4,7-8,13-14H,5-6,9-12H2,1H3,(H,23,24,28). The summed E-state index contributed by atoms with van der Waals surface area (Å²) in [6.45, 7) is 4.09. The minimum atomic E-state index is 0.00986. The number of fused-ring (bicyclic) bond motifs is 1. The summed E-state index contributed by atoms with van der Waals surface area (Å²) in [4.78, 5) is 25.7. The average molecular weight is 377 g/mol. The van der Waals surface area contributed by atoms with Crippen LogP contribution in [0.15, 0.2) is 36.5 Å². The number of anilines is 2. The number of rotatable bonds is 4. The monoisotopic (exact) mass is 377 g/mol. The largest absolute Gasteiger partial charge is 0.354 e. The fourth-order valence-electron chi connectivity index (χ4n) is 3.49. The van der Waals surface area contributed by atoms with Gasteiger partial charge in [0.2, 0.25) is 11.9 Å². The molecule has 0 atom stereocenters. The number of pyridine rings is 2. The molecule has 5 rings (SSSR count). The molecule has 8 nitrogen and oxygen atoms in total. The second-order valence-electron chi connectivity index (χ2n) is 7.58. The number of likely N-dealkylation sites (N-methyl/N-ethyl adjacent to an activating group) is 1. The number of nitrogens with zero attached hydrogens (tertiary/aromatic N) is 6. The Balaban J connectivity index is 1.40. The van der Waals surface area contributed by atoms with Gasteiger partial charge in [-0.25, -0.2) is 9.50 Å². The Morgan fingerprint density at radius 3 is 2.64 bits per heavy atom. The predicted molar refractivity (Wildman–Crippen MR) is 107 cm³/mol. The fourth-order valence-corrected chi connectivity index (χ4v) is 3.49. The maximum Gasteiger partial charge on any atom is 0.249 e. The smallest absolute Gasteiger partial charge is 0.249 e. The molecule has 0 aromatic carbocycles. The van der Waals surface area contributed by atoms with Crippen LogP contribution in [0.2, 0.25) is 0 Å². The minimum Gasteiger partial charge on any atom is -0.354 e. The number of hydrogen-bond acceptors (Lipinski definition) is 6. The van der Waals surface area contributed by atoms with Crippen LogP contribution in [-0.4, -0.2) is 63.6 Å². The lowest BCUT2D eigenvalue weighted by atomic mass is 10.2. The van der Waals surface area contributed by atoms with Crippen molar-refractivity contribution in [3.8, 4) is 11.3 Å². The third-order valence-corrected chi connectivity index (χ3v) is 5.41. The summed E-state index contributed by atoms with van der Waals surface area (Å²) in [5.41, 5.74) is 2.56. The Morgan fingerprint density at radius 1 is 1.11 bits per heavy atom. The highest BCUT2D eigenvalue weighted by Gasteiger charge is 2.30. The summed E-state index contributed by atoms with van der Waals surface area (Å²) in [5, 5.41) is 7.31. The highest BCUT2D eigenvalue weighted by Crippen LogP contribution is 2.30. The summed E-state index contributed by atoms with van der Waals surface area (Å²) in [5.74, 6) is 1.49. The van der Waals surface area contributed by atoms with E-state index in [1.165, 1.54) is 0 Å². The van der Waals surface area contributed by atoms with Crippen molar-refractivity contribution in [1.29, 1.82) is 0 Å². The molecule has 2 aliphatic rings. The van der Waals surface area contributed by atoms with Crippen molar-refractivity contribution < 1.29 is 4.79 Å². The summed E-state index contributed by atoms with van der Waals surface area (Å²) in [6.07, 6.45) is 3.79. The highest BCUT2D eigenvalue weighted by molar-refractivity contribution is 5.92. The van der Waals surface area contributed by atoms with Gasteiger partial charge in [0.25, 0.3) is 0 Å². The lowest BCUT2D eigenvalue weighted by Crippen LogP contribution is -2.44. The van der Waals surface area contributed by atoms with Crippen molar-refractivity contribution in [3.05, 3.63) is 36.5 Å². The normalized spacial score (nSPS) is 17.8. The van der Waals surface area contributed by atoms with Crippen molar-refractivity contribution in [3.63, 3.8) is 0 Å². The van der Waals surface area contributed by atoms with E-state index in [0.29, 0.717) is 11.6 Å². The van der Waals surface area contributed by atoms with Gasteiger partial charge < -0.3 is 9.80 Å². The molecule has 1 amide bonds. The molecule has 3 aromatic rings. The number of aromatic nitrogens is 4. The third kappa shape index (κ3) is 3.31. The predicted octanol–water partition coefficient (Wildman–Crippen LogP) is 1.89. The van der Waals surface area contributed by atoms with E-state index < -0.39 is 0 Å². The van der Waals surface area contributed by atoms with Gasteiger partial charge in [-0.15, -0.1) is 5.10 Å². The van der Waals surface area contributed by atoms with Crippen molar-refractivity contribution in [2.75, 3.05) is 43.4 Å². The van der Waals surface area contributed by atoms with Crippen LogP contribution in [-0.2, 0) is 4.79 Å². The van der Waals surface area contributed by atoms with E-state index >= 15 is 0 Å². The Kier molecular flexibility index (Phi) is 4.20. The van der Waals surface area contributed by atoms with Crippen LogP contribution >= 0.6 is 0 Å². The molecule has 0 bridgehead atoms. The van der Waals surface area contributed by atoms with Gasteiger partial charge in [0.15, 0.2) is 5.65 Å². The van der Waals surface area contributed by atoms with E-state index in [1.807, 2.05) is 24.4 Å². The van der Waals surface area contributed by atoms with Crippen molar-refractivity contribution in [2.24, 2.45) is 5.92 Å². The summed E-state index contributed by atoms with van der Waals surface area (Å²) in [7, 11) is 2.15. The van der Waals surface area contributed by atoms with Gasteiger partial charge in [0.1, 0.15) is 5.82 Å². The molecule has 1 aliphatic heterocycles. The van der Waals surface area contributed by atoms with Crippen LogP contribution in [0.5, 0.6) is 0 Å². The van der Waals surface area contributed by atoms with Crippen molar-refractivity contribution in [1.82, 2.24) is 24.5 Å². The zero-order valence-corrected chi connectivity index (χ0v) is 15.9. The molecule has 1 saturated heterocycles. The lowest BCUT2D eigenvalue weighted by molar-refractivity contribution is -0.117. The minimum absolute atomic E-state index is 0.00986. The Morgan fingerprint density at radius 2 is 1.93 bits per heavy atom. The van der Waals surface area contributed by atoms with E-state index in [2.05, 4.69) is 49.4 Å². The quantitative estimate of drug-likeness (QED) is 0.748. The second kappa shape index (κ2) is 6.87. The molecule has 0 unspecified atom stereocenters. The molecule has 0 radical (unpaired) electrons. The lowest BCUT2D eigenvalue weighted by Gasteiger charge is -2.33. The molecule has 1 saturated carbocycles. The molecule has 0 spiro atoms. The molecule has 1 aliphatic carbocycles. The molecule has 4 heterocycles. The van der Waals surface area contributed by atoms with Gasteiger partial charge in [0, 0.05) is 43.9 Å². The number of nitrogens with one attached hydrogen (secondary N) is 1. The maximum atomic E-state index is 12.0. The Hall–Kier alpha value is -3.00. The van der Waals surface area contributed by atoms with E-state index in [4.69, 9.17) is 0 Å². The van der Waals surface area contributed by atoms with Crippen molar-refractivity contribution >= 4 is 23.3 Å². The molecule has 28 heavy (non-hydrogen) atoms. The van der Waals surface area contributed by atoms with Gasteiger partial charge in [-0.3, -0.25) is 10.1 Å². The fraction of sp³-hybridized carbons (Fsp3) is 0.400. The molecule has 8 heteroatoms. The van der Waals surface area contributed by atoms with Crippen LogP contribution in [0.3, 0.4) is 0 Å². The second-order valence-corrected chi connectivity index (χ2v) is 7.58. The third-order valence-electron chi connectivity index (χ3n) is 5.41. The molecule has 1 N–H and O–H groups in total. The molecule has 2 fully saturated rings. The molecule has 3 aromatic heterocycles. The number of piperazine rings is 1. The first-order chi connectivity index (χ1) is 13.7. The number of hydrogen-bond donors (Lipinski definition) is 1. The van der Waals surface area contributed by atoms with Crippen LogP contribution in [0.1, 0.15) is 12.8 Å². The molecule has 144 valence electrons. The first kappa shape index (κ1) is 17.1. The zero-order chi connectivity index (χ0) is 19.1. The number of carbonyl (C=O) groups is 1. The van der Waals surface area contributed by atoms with Gasteiger partial charge in [-0.05, 0) is 44.2 Å². The van der Waals surface area contributed by atoms with Crippen molar-refractivity contribution in [2.45, 2.75) is 12.8 Å². The van der Waals surface area contributed by atoms with E-state index in [-0.39, 0.29) is 11.8 Å². The SMILES string of the molecule is CN1CCN(c2ccc(-c3cccc4nc(NC(=O)C5CC5)nn34)cn2)CC1. The van der Waals surface area contributed by atoms with Gasteiger partial charge in [-0.1, -0.05) is 6.07 Å². The summed E-state index contributed by atoms with van der Waals surface area (Å²) >= 11 is 0. The van der Waals surface area contributed by atoms with E-state index in [0.717, 1.165) is 56.1 Å². The van der Waals surface area contributed by atoms with Gasteiger partial charge in [-0.2, -0.15) is 4.98 Å². The average Bonchev–Trinajstić information content (AvgIpc) is 3.49. The van der Waals surface area contributed by atoms with Crippen LogP contribution < -0.4 is 10.2 Å². The topological polar surface area (TPSA) is 78.7 Å². The number of amides is 1. The molecular weight excluding hydrogens is 354 g/mol. The molecular formula is C20H23N7O. The summed E-state index contributed by atoms with van der Waals surface area (Å²) < 4.78 is 1.76. The van der Waals surface area contributed by atoms with Gasteiger partial charge in [0.05, 0.1) is 5.69 Å². The van der Waals surface area contributed by atoms with Crippen LogP contribution in [0.4, 0.5) is 11.8 Å². The van der Waals surface area contributed by atoms with Crippen LogP contribution in [0, 0.1) is 5.92 Å². The zero-order valence-electron chi connectivity index (χ0n) is 15.9. The highest BCUT2D eigenvalue weighted by atomic mass is 16.2. The number of carbonyl (C=O) groups excluding carboxylic acids is 1. The Labute approximate surface area is 163 Å². The first-order valence-electron chi connectivity index (χ1n) is 9.74. The summed E-state index contributed by atoms with van der Waals surface area (Å²) in [6, 6.07) is 9.95. The Bertz CT molecular complexity index is 1000.